The van der Waals surface area contributed by atoms with E-state index in [0.717, 1.165) is 19.5 Å². The molecular weight excluding hydrogens is 713 g/mol. The third-order valence-electron chi connectivity index (χ3n) is 11.7. The molecule has 0 unspecified atom stereocenters. The number of phenolic OH excluding ortho intramolecular Hbond substituents is 2. The summed E-state index contributed by atoms with van der Waals surface area (Å²) in [6.45, 7) is 16.1. The summed E-state index contributed by atoms with van der Waals surface area (Å²) in [6.07, 6.45) is 10.9. The van der Waals surface area contributed by atoms with Gasteiger partial charge in [0, 0.05) is 48.8 Å². The van der Waals surface area contributed by atoms with E-state index in [0.29, 0.717) is 36.9 Å². The van der Waals surface area contributed by atoms with Crippen molar-refractivity contribution >= 4 is 34.1 Å². The SMILES string of the molecule is CCOc1c(C)c(O)c2c(O)c3c4c(c2c1C(=O)C/C=C/C[C@@H](C)[C@@H](OC(C)=O)[C@H](C)[C@H](O)[C@H](C)C[C@@H](C)/C=C/C=C(/C)C(=O)N=3)N[C@@]1(CCCN(C)CC1)N=4. The fourth-order valence-electron chi connectivity index (χ4n) is 8.52. The predicted molar refractivity (Wildman–Crippen MR) is 217 cm³/mol. The highest BCUT2D eigenvalue weighted by atomic mass is 16.5. The number of benzene rings is 2. The number of rotatable bonds is 3. The molecule has 5 rings (SSSR count). The summed E-state index contributed by atoms with van der Waals surface area (Å²) >= 11 is 0. The lowest BCUT2D eigenvalue weighted by Gasteiger charge is -2.34. The Kier molecular flexibility index (Phi) is 13.5. The van der Waals surface area contributed by atoms with Crippen LogP contribution in [0.3, 0.4) is 0 Å². The van der Waals surface area contributed by atoms with E-state index in [2.05, 4.69) is 22.3 Å². The number of phenols is 2. The van der Waals surface area contributed by atoms with Crippen LogP contribution in [0.15, 0.2) is 45.9 Å². The smallest absolute Gasteiger partial charge is 0.302 e. The Hall–Kier alpha value is -4.55. The minimum absolute atomic E-state index is 0.0117. The molecule has 0 aliphatic carbocycles. The number of Topliss-reactive ketones (excluding diaryl/α,β-unsaturated/α-hetero) is 1. The van der Waals surface area contributed by atoms with Crippen LogP contribution in [0.1, 0.15) is 103 Å². The third-order valence-corrected chi connectivity index (χ3v) is 11.7. The average molecular weight is 773 g/mol. The lowest BCUT2D eigenvalue weighted by Crippen LogP contribution is -2.40. The second kappa shape index (κ2) is 17.7. The number of hydrogen-bond acceptors (Lipinski definition) is 11. The molecule has 3 aliphatic heterocycles. The Labute approximate surface area is 330 Å². The number of esters is 1. The van der Waals surface area contributed by atoms with E-state index >= 15 is 0 Å². The van der Waals surface area contributed by atoms with Gasteiger partial charge in [0.2, 0.25) is 0 Å². The van der Waals surface area contributed by atoms with Crippen LogP contribution >= 0.6 is 0 Å². The number of aromatic hydroxyl groups is 2. The summed E-state index contributed by atoms with van der Waals surface area (Å²) in [5.74, 6) is -2.50. The Morgan fingerprint density at radius 3 is 2.45 bits per heavy atom. The number of ether oxygens (including phenoxy) is 2. The quantitative estimate of drug-likeness (QED) is 0.160. The highest BCUT2D eigenvalue weighted by Crippen LogP contribution is 2.47. The van der Waals surface area contributed by atoms with Gasteiger partial charge in [0.1, 0.15) is 34.0 Å². The number of nitrogens with one attached hydrogen (secondary N) is 1. The number of anilines is 1. The first-order valence-corrected chi connectivity index (χ1v) is 20.0. The number of aliphatic hydroxyl groups is 1. The molecule has 1 spiro atoms. The normalized spacial score (nSPS) is 30.4. The Morgan fingerprint density at radius 1 is 1.02 bits per heavy atom. The van der Waals surface area contributed by atoms with Crippen LogP contribution in [0.2, 0.25) is 0 Å². The van der Waals surface area contributed by atoms with E-state index < -0.39 is 35.5 Å². The minimum atomic E-state index is -0.793. The van der Waals surface area contributed by atoms with E-state index in [9.17, 15) is 29.7 Å². The summed E-state index contributed by atoms with van der Waals surface area (Å²) in [5.41, 5.74) is 0.374. The van der Waals surface area contributed by atoms with Gasteiger partial charge in [0.15, 0.2) is 11.5 Å². The lowest BCUT2D eigenvalue weighted by atomic mass is 9.80. The standard InChI is InChI=1S/C44H60N4O8/c1-10-55-42-29(7)39(52)34-33-32(42)31(50)18-12-11-16-25(3)41(56-30(8)49)28(6)38(51)27(5)23-24(2)15-13-17-26(4)43(54)45-37(40(34)53)36-35(33)46-44(47-36)19-14-21-48(9)22-20-44/h11-13,15,17,24-25,27-28,38,41,46,51-53H,10,14,16,18-23H2,1-9H3/b12-11+,15-13+,26-17-,45-37?/t24-,25+,27+,28+,38+,41+,44-/m0/s1. The monoisotopic (exact) mass is 772 g/mol. The number of ketones is 1. The van der Waals surface area contributed by atoms with Gasteiger partial charge in [0.25, 0.3) is 5.91 Å². The fourth-order valence-corrected chi connectivity index (χ4v) is 8.52. The second-order valence-corrected chi connectivity index (χ2v) is 16.3. The average Bonchev–Trinajstić information content (AvgIpc) is 3.42. The van der Waals surface area contributed by atoms with Gasteiger partial charge in [-0.05, 0) is 77.8 Å². The molecule has 4 N–H and O–H groups in total. The van der Waals surface area contributed by atoms with Gasteiger partial charge in [-0.2, -0.15) is 0 Å². The van der Waals surface area contributed by atoms with E-state index in [4.69, 9.17) is 14.5 Å². The van der Waals surface area contributed by atoms with Gasteiger partial charge in [-0.25, -0.2) is 4.99 Å². The van der Waals surface area contributed by atoms with Crippen molar-refractivity contribution in [1.29, 1.82) is 0 Å². The number of amides is 1. The number of aliphatic hydroxyl groups excluding tert-OH is 1. The van der Waals surface area contributed by atoms with Crippen molar-refractivity contribution in [3.05, 3.63) is 57.8 Å². The fraction of sp³-hybridized carbons (Fsp3) is 0.568. The molecule has 0 radical (unpaired) electrons. The van der Waals surface area contributed by atoms with Crippen LogP contribution in [0.4, 0.5) is 5.69 Å². The molecule has 56 heavy (non-hydrogen) atoms. The van der Waals surface area contributed by atoms with Crippen molar-refractivity contribution in [3.63, 3.8) is 0 Å². The number of carbonyl (C=O) groups is 3. The van der Waals surface area contributed by atoms with E-state index in [1.807, 2.05) is 39.8 Å². The van der Waals surface area contributed by atoms with Crippen molar-refractivity contribution in [2.45, 2.75) is 112 Å². The molecule has 12 heteroatoms. The molecule has 2 aromatic rings. The topological polar surface area (TPSA) is 170 Å². The van der Waals surface area contributed by atoms with Crippen molar-refractivity contribution in [2.24, 2.45) is 33.7 Å². The van der Waals surface area contributed by atoms with Crippen molar-refractivity contribution in [1.82, 2.24) is 4.90 Å². The van der Waals surface area contributed by atoms with Crippen molar-refractivity contribution < 1.29 is 39.2 Å². The van der Waals surface area contributed by atoms with Crippen LogP contribution in [-0.4, -0.2) is 82.5 Å². The third kappa shape index (κ3) is 8.86. The van der Waals surface area contributed by atoms with Gasteiger partial charge >= 0.3 is 5.97 Å². The summed E-state index contributed by atoms with van der Waals surface area (Å²) in [7, 11) is 2.05. The van der Waals surface area contributed by atoms with Crippen LogP contribution in [0.5, 0.6) is 17.2 Å². The molecule has 12 nitrogen and oxygen atoms in total. The maximum Gasteiger partial charge on any atom is 0.302 e. The molecule has 3 heterocycles. The lowest BCUT2D eigenvalue weighted by molar-refractivity contribution is -0.156. The summed E-state index contributed by atoms with van der Waals surface area (Å²) in [5, 5.41) is 39.3. The predicted octanol–water partition coefficient (Wildman–Crippen LogP) is 6.22. The number of allylic oxidation sites excluding steroid dienone is 5. The van der Waals surface area contributed by atoms with Crippen molar-refractivity contribution in [2.75, 3.05) is 32.1 Å². The Bertz CT molecular complexity index is 2070. The Balaban J connectivity index is 1.77. The molecule has 1 amide bonds. The van der Waals surface area contributed by atoms with E-state index in [1.54, 1.807) is 39.0 Å². The Morgan fingerprint density at radius 2 is 1.75 bits per heavy atom. The van der Waals surface area contributed by atoms with Gasteiger partial charge in [-0.3, -0.25) is 19.4 Å². The summed E-state index contributed by atoms with van der Waals surface area (Å²) < 4.78 is 11.9. The highest BCUT2D eigenvalue weighted by molar-refractivity contribution is 6.18. The van der Waals surface area contributed by atoms with Gasteiger partial charge < -0.3 is 35.0 Å². The zero-order valence-electron chi connectivity index (χ0n) is 34.4. The number of nitrogens with zero attached hydrogens (tertiary/aromatic N) is 3. The largest absolute Gasteiger partial charge is 0.507 e. The van der Waals surface area contributed by atoms with E-state index in [-0.39, 0.29) is 86.6 Å². The molecule has 7 atom stereocenters. The minimum Gasteiger partial charge on any atom is -0.507 e. The van der Waals surface area contributed by atoms with Gasteiger partial charge in [0.05, 0.1) is 29.3 Å². The number of hydrogen-bond donors (Lipinski definition) is 4. The maximum atomic E-state index is 14.5. The van der Waals surface area contributed by atoms with Crippen LogP contribution in [0.25, 0.3) is 10.8 Å². The molecule has 0 aromatic heterocycles. The molecule has 2 aromatic carbocycles. The zero-order valence-corrected chi connectivity index (χ0v) is 34.4. The summed E-state index contributed by atoms with van der Waals surface area (Å²) in [6, 6.07) is 0. The van der Waals surface area contributed by atoms with Crippen LogP contribution < -0.4 is 20.8 Å². The zero-order chi connectivity index (χ0) is 41.1. The molecule has 3 aliphatic rings. The first kappa shape index (κ1) is 42.6. The van der Waals surface area contributed by atoms with Crippen LogP contribution in [-0.2, 0) is 14.3 Å². The highest BCUT2D eigenvalue weighted by Gasteiger charge is 2.40. The van der Waals surface area contributed by atoms with Gasteiger partial charge in [-0.1, -0.05) is 58.1 Å². The maximum absolute atomic E-state index is 14.5. The molecule has 2 bridgehead atoms. The second-order valence-electron chi connectivity index (χ2n) is 16.3. The molecule has 0 saturated carbocycles. The van der Waals surface area contributed by atoms with Gasteiger partial charge in [-0.15, -0.1) is 0 Å². The molecular formula is C44H60N4O8. The molecule has 1 fully saturated rings. The number of carbonyl (C=O) groups excluding carboxylic acids is 3. The molecule has 1 saturated heterocycles. The molecule has 304 valence electrons. The van der Waals surface area contributed by atoms with E-state index in [1.165, 1.54) is 6.92 Å². The van der Waals surface area contributed by atoms with Crippen LogP contribution in [0, 0.1) is 30.6 Å². The summed E-state index contributed by atoms with van der Waals surface area (Å²) in [4.78, 5) is 52.4. The first-order valence-electron chi connectivity index (χ1n) is 20.0. The first-order chi connectivity index (χ1) is 26.5. The number of likely N-dealkylation sites (tertiary alicyclic amines) is 1. The van der Waals surface area contributed by atoms with Crippen molar-refractivity contribution in [3.8, 4) is 17.2 Å².